The molecule has 0 aliphatic carbocycles. The minimum Gasteiger partial charge on any atom is -0.351 e. The lowest BCUT2D eigenvalue weighted by molar-refractivity contribution is -0.385. The molecule has 5 nitrogen and oxygen atoms in total. The van der Waals surface area contributed by atoms with Crippen LogP contribution in [-0.4, -0.2) is 17.4 Å². The molecule has 0 aliphatic rings. The molecule has 0 saturated heterocycles. The van der Waals surface area contributed by atoms with Crippen LogP contribution in [0, 0.1) is 10.1 Å². The second-order valence-corrected chi connectivity index (χ2v) is 6.53. The lowest BCUT2D eigenvalue weighted by atomic mass is 10.1. The van der Waals surface area contributed by atoms with Crippen LogP contribution < -0.4 is 5.32 Å². The SMILES string of the molecule is O=C(NCCc1csc2ccccc12)c1cc(Cl)ccc1[N+](=O)[O-]. The average Bonchev–Trinajstić information content (AvgIpc) is 2.98. The molecule has 122 valence electrons. The van der Waals surface area contributed by atoms with E-state index in [1.165, 1.54) is 28.3 Å². The molecule has 0 aliphatic heterocycles. The van der Waals surface area contributed by atoms with E-state index >= 15 is 0 Å². The van der Waals surface area contributed by atoms with Gasteiger partial charge in [0.15, 0.2) is 0 Å². The summed E-state index contributed by atoms with van der Waals surface area (Å²) in [6.45, 7) is 0.392. The summed E-state index contributed by atoms with van der Waals surface area (Å²) in [5.74, 6) is -0.497. The molecule has 3 aromatic rings. The van der Waals surface area contributed by atoms with Crippen LogP contribution in [0.4, 0.5) is 5.69 Å². The first-order valence-corrected chi connectivity index (χ1v) is 8.49. The number of benzene rings is 2. The van der Waals surface area contributed by atoms with Crippen molar-refractivity contribution >= 4 is 44.6 Å². The third-order valence-corrected chi connectivity index (χ3v) is 4.89. The summed E-state index contributed by atoms with van der Waals surface area (Å²) >= 11 is 7.50. The van der Waals surface area contributed by atoms with Crippen molar-refractivity contribution in [1.82, 2.24) is 5.32 Å². The zero-order chi connectivity index (χ0) is 17.1. The van der Waals surface area contributed by atoms with Crippen LogP contribution in [0.3, 0.4) is 0 Å². The van der Waals surface area contributed by atoms with Gasteiger partial charge in [-0.25, -0.2) is 0 Å². The van der Waals surface area contributed by atoms with E-state index in [-0.39, 0.29) is 16.3 Å². The Morgan fingerprint density at radius 1 is 1.25 bits per heavy atom. The zero-order valence-electron chi connectivity index (χ0n) is 12.5. The van der Waals surface area contributed by atoms with E-state index in [1.54, 1.807) is 11.3 Å². The fraction of sp³-hybridized carbons (Fsp3) is 0.118. The van der Waals surface area contributed by atoms with Crippen molar-refractivity contribution in [2.75, 3.05) is 6.54 Å². The van der Waals surface area contributed by atoms with Gasteiger partial charge < -0.3 is 5.32 Å². The first kappa shape index (κ1) is 16.4. The maximum Gasteiger partial charge on any atom is 0.282 e. The molecule has 0 fully saturated rings. The molecule has 0 atom stereocenters. The third kappa shape index (κ3) is 3.39. The van der Waals surface area contributed by atoms with Crippen LogP contribution in [0.15, 0.2) is 47.8 Å². The topological polar surface area (TPSA) is 72.2 Å². The van der Waals surface area contributed by atoms with Crippen molar-refractivity contribution in [3.05, 3.63) is 74.1 Å². The minimum atomic E-state index is -0.586. The molecule has 2 aromatic carbocycles. The summed E-state index contributed by atoms with van der Waals surface area (Å²) in [5.41, 5.74) is 0.872. The van der Waals surface area contributed by atoms with Gasteiger partial charge in [0.05, 0.1) is 4.92 Å². The molecule has 1 N–H and O–H groups in total. The van der Waals surface area contributed by atoms with Gasteiger partial charge in [-0.2, -0.15) is 0 Å². The molecule has 7 heteroatoms. The number of carbonyl (C=O) groups is 1. The van der Waals surface area contributed by atoms with E-state index in [4.69, 9.17) is 11.6 Å². The van der Waals surface area contributed by atoms with Crippen molar-refractivity contribution in [3.8, 4) is 0 Å². The summed E-state index contributed by atoms with van der Waals surface area (Å²) in [6, 6.07) is 12.0. The normalized spacial score (nSPS) is 10.7. The van der Waals surface area contributed by atoms with Gasteiger partial charge in [-0.3, -0.25) is 14.9 Å². The van der Waals surface area contributed by atoms with Gasteiger partial charge in [-0.1, -0.05) is 29.8 Å². The van der Waals surface area contributed by atoms with Gasteiger partial charge in [0.2, 0.25) is 0 Å². The molecule has 1 heterocycles. The van der Waals surface area contributed by atoms with Gasteiger partial charge in [0, 0.05) is 22.3 Å². The number of amides is 1. The molecule has 1 aromatic heterocycles. The number of nitrogens with one attached hydrogen (secondary N) is 1. The van der Waals surface area contributed by atoms with Crippen LogP contribution in [0.2, 0.25) is 5.02 Å². The molecule has 1 amide bonds. The van der Waals surface area contributed by atoms with Crippen molar-refractivity contribution in [3.63, 3.8) is 0 Å². The van der Waals surface area contributed by atoms with Gasteiger partial charge in [-0.05, 0) is 40.9 Å². The van der Waals surface area contributed by atoms with Crippen LogP contribution in [0.1, 0.15) is 15.9 Å². The highest BCUT2D eigenvalue weighted by Gasteiger charge is 2.20. The quantitative estimate of drug-likeness (QED) is 0.540. The van der Waals surface area contributed by atoms with Crippen LogP contribution in [0.25, 0.3) is 10.1 Å². The first-order valence-electron chi connectivity index (χ1n) is 7.23. The molecule has 0 saturated carbocycles. The maximum absolute atomic E-state index is 12.2. The number of nitro benzene ring substituents is 1. The van der Waals surface area contributed by atoms with Crippen LogP contribution in [-0.2, 0) is 6.42 Å². The predicted molar refractivity (Wildman–Crippen MR) is 96.0 cm³/mol. The Morgan fingerprint density at radius 2 is 2.04 bits per heavy atom. The fourth-order valence-electron chi connectivity index (χ4n) is 2.48. The Morgan fingerprint density at radius 3 is 2.83 bits per heavy atom. The number of nitrogens with zero attached hydrogens (tertiary/aromatic N) is 1. The highest BCUT2D eigenvalue weighted by atomic mass is 35.5. The largest absolute Gasteiger partial charge is 0.351 e. The monoisotopic (exact) mass is 360 g/mol. The number of carbonyl (C=O) groups excluding carboxylic acids is 1. The number of rotatable bonds is 5. The zero-order valence-corrected chi connectivity index (χ0v) is 14.1. The average molecular weight is 361 g/mol. The van der Waals surface area contributed by atoms with Crippen LogP contribution >= 0.6 is 22.9 Å². The fourth-order valence-corrected chi connectivity index (χ4v) is 3.65. The molecular formula is C17H13ClN2O3S. The highest BCUT2D eigenvalue weighted by molar-refractivity contribution is 7.17. The van der Waals surface area contributed by atoms with E-state index in [9.17, 15) is 14.9 Å². The molecule has 0 spiro atoms. The standard InChI is InChI=1S/C17H13ClN2O3S/c18-12-5-6-15(20(22)23)14(9-12)17(21)19-8-7-11-10-24-16-4-2-1-3-13(11)16/h1-6,9-10H,7-8H2,(H,19,21). The third-order valence-electron chi connectivity index (χ3n) is 3.64. The summed E-state index contributed by atoms with van der Waals surface area (Å²) in [5, 5.41) is 17.3. The molecule has 3 rings (SSSR count). The first-order chi connectivity index (χ1) is 11.6. The Labute approximate surface area is 147 Å². The number of hydrogen-bond acceptors (Lipinski definition) is 4. The molecule has 24 heavy (non-hydrogen) atoms. The van der Waals surface area contributed by atoms with E-state index in [2.05, 4.69) is 16.8 Å². The van der Waals surface area contributed by atoms with Crippen molar-refractivity contribution < 1.29 is 9.72 Å². The Balaban J connectivity index is 1.70. The molecule has 0 bridgehead atoms. The predicted octanol–water partition coefficient (Wildman–Crippen LogP) is 4.44. The maximum atomic E-state index is 12.2. The molecule has 0 unspecified atom stereocenters. The van der Waals surface area contributed by atoms with E-state index in [0.29, 0.717) is 13.0 Å². The second kappa shape index (κ2) is 6.98. The highest BCUT2D eigenvalue weighted by Crippen LogP contribution is 2.26. The second-order valence-electron chi connectivity index (χ2n) is 5.18. The lowest BCUT2D eigenvalue weighted by Crippen LogP contribution is -2.26. The van der Waals surface area contributed by atoms with Crippen molar-refractivity contribution in [1.29, 1.82) is 0 Å². The number of nitro groups is 1. The molecular weight excluding hydrogens is 348 g/mol. The van der Waals surface area contributed by atoms with Gasteiger partial charge in [0.25, 0.3) is 11.6 Å². The number of fused-ring (bicyclic) bond motifs is 1. The molecule has 0 radical (unpaired) electrons. The summed E-state index contributed by atoms with van der Waals surface area (Å²) < 4.78 is 1.20. The van der Waals surface area contributed by atoms with Crippen molar-refractivity contribution in [2.24, 2.45) is 0 Å². The lowest BCUT2D eigenvalue weighted by Gasteiger charge is -2.06. The van der Waals surface area contributed by atoms with E-state index < -0.39 is 10.8 Å². The Hall–Kier alpha value is -2.44. The minimum absolute atomic E-state index is 0.0253. The summed E-state index contributed by atoms with van der Waals surface area (Å²) in [4.78, 5) is 22.7. The van der Waals surface area contributed by atoms with Gasteiger partial charge >= 0.3 is 0 Å². The van der Waals surface area contributed by atoms with Gasteiger partial charge in [0.1, 0.15) is 5.56 Å². The Bertz CT molecular complexity index is 923. The summed E-state index contributed by atoms with van der Waals surface area (Å²) in [7, 11) is 0. The number of halogens is 1. The Kier molecular flexibility index (Phi) is 4.78. The van der Waals surface area contributed by atoms with Gasteiger partial charge in [-0.15, -0.1) is 11.3 Å². The van der Waals surface area contributed by atoms with E-state index in [1.807, 2.05) is 18.2 Å². The summed E-state index contributed by atoms with van der Waals surface area (Å²) in [6.07, 6.45) is 0.657. The van der Waals surface area contributed by atoms with Crippen molar-refractivity contribution in [2.45, 2.75) is 6.42 Å². The number of hydrogen-bond donors (Lipinski definition) is 1. The van der Waals surface area contributed by atoms with Crippen LogP contribution in [0.5, 0.6) is 0 Å². The number of thiophene rings is 1. The van der Waals surface area contributed by atoms with E-state index in [0.717, 1.165) is 5.56 Å². The smallest absolute Gasteiger partial charge is 0.282 e.